The third-order valence-electron chi connectivity index (χ3n) is 8.78. The van der Waals surface area contributed by atoms with Crippen molar-refractivity contribution in [2.24, 2.45) is 0 Å². The maximum absolute atomic E-state index is 13.4. The molecule has 2 aliphatic rings. The number of nitrogens with one attached hydrogen (secondary N) is 2. The molecule has 6 rings (SSSR count). The van der Waals surface area contributed by atoms with Crippen LogP contribution >= 0.6 is 18.7 Å². The van der Waals surface area contributed by atoms with Crippen molar-refractivity contribution in [3.8, 4) is 5.75 Å². The topological polar surface area (TPSA) is 118 Å². The van der Waals surface area contributed by atoms with Gasteiger partial charge in [-0.3, -0.25) is 14.9 Å². The van der Waals surface area contributed by atoms with Gasteiger partial charge in [0, 0.05) is 63.0 Å². The van der Waals surface area contributed by atoms with Crippen molar-refractivity contribution in [3.63, 3.8) is 0 Å². The van der Waals surface area contributed by atoms with E-state index >= 15 is 0 Å². The number of benzene rings is 2. The van der Waals surface area contributed by atoms with Gasteiger partial charge in [0.05, 0.1) is 41.6 Å². The van der Waals surface area contributed by atoms with Crippen LogP contribution in [0.5, 0.6) is 5.75 Å². The predicted octanol–water partition coefficient (Wildman–Crippen LogP) is 6.07. The van der Waals surface area contributed by atoms with E-state index in [2.05, 4.69) is 61.4 Å². The minimum atomic E-state index is -2.76. The second kappa shape index (κ2) is 13.7. The van der Waals surface area contributed by atoms with Crippen LogP contribution < -0.4 is 25.6 Å². The molecule has 0 amide bonds. The van der Waals surface area contributed by atoms with Crippen molar-refractivity contribution in [2.75, 3.05) is 68.8 Å². The van der Waals surface area contributed by atoms with Gasteiger partial charge in [0.15, 0.2) is 5.82 Å². The van der Waals surface area contributed by atoms with Gasteiger partial charge in [0.25, 0.3) is 0 Å². The molecule has 0 atom stereocenters. The number of rotatable bonds is 11. The maximum atomic E-state index is 13.4. The molecule has 0 radical (unpaired) electrons. The fourth-order valence-electron chi connectivity index (χ4n) is 6.47. The second-order valence-electron chi connectivity index (χ2n) is 12.2. The normalized spacial score (nSPS) is 16.4. The number of hydrogen-bond donors (Lipinski definition) is 2. The highest BCUT2D eigenvalue weighted by atomic mass is 35.5. The fourth-order valence-corrected chi connectivity index (χ4v) is 8.00. The summed E-state index contributed by atoms with van der Waals surface area (Å²) in [6.45, 7) is 12.6. The van der Waals surface area contributed by atoms with Gasteiger partial charge < -0.3 is 29.6 Å². The molecule has 2 saturated heterocycles. The highest BCUT2D eigenvalue weighted by Crippen LogP contribution is 2.42. The summed E-state index contributed by atoms with van der Waals surface area (Å²) in [5, 5.41) is 7.55. The van der Waals surface area contributed by atoms with E-state index in [4.69, 9.17) is 26.1 Å². The van der Waals surface area contributed by atoms with Crippen LogP contribution in [0.25, 0.3) is 11.0 Å². The number of likely N-dealkylation sites (tertiary alicyclic amines) is 1. The minimum Gasteiger partial charge on any atom is -0.494 e. The van der Waals surface area contributed by atoms with E-state index < -0.39 is 7.14 Å². The zero-order valence-corrected chi connectivity index (χ0v) is 28.7. The van der Waals surface area contributed by atoms with Crippen LogP contribution in [0.15, 0.2) is 42.9 Å². The Morgan fingerprint density at radius 1 is 1.02 bits per heavy atom. The van der Waals surface area contributed by atoms with Crippen molar-refractivity contribution in [1.29, 1.82) is 0 Å². The number of nitrogens with zero attached hydrogens (tertiary/aromatic N) is 6. The molecule has 11 nitrogen and oxygen atoms in total. The Morgan fingerprint density at radius 2 is 1.78 bits per heavy atom. The first kappa shape index (κ1) is 32.4. The van der Waals surface area contributed by atoms with Gasteiger partial charge in [0.2, 0.25) is 5.95 Å². The molecule has 0 saturated carbocycles. The number of ether oxygens (including phenoxy) is 2. The Bertz CT molecular complexity index is 1750. The first-order valence-electron chi connectivity index (χ1n) is 15.9. The molecule has 2 fully saturated rings. The van der Waals surface area contributed by atoms with Crippen molar-refractivity contribution in [3.05, 3.63) is 53.4 Å². The van der Waals surface area contributed by atoms with Gasteiger partial charge in [-0.15, -0.1) is 0 Å². The number of fused-ring (bicyclic) bond motifs is 1. The molecule has 0 bridgehead atoms. The number of anilines is 5. The number of hydrogen-bond acceptors (Lipinski definition) is 11. The fraction of sp³-hybridized carbons (Fsp3) is 0.455. The van der Waals surface area contributed by atoms with Gasteiger partial charge in [0.1, 0.15) is 23.4 Å². The van der Waals surface area contributed by atoms with Crippen LogP contribution in [0, 0.1) is 0 Å². The largest absolute Gasteiger partial charge is 0.494 e. The van der Waals surface area contributed by atoms with E-state index in [1.54, 1.807) is 32.8 Å². The lowest BCUT2D eigenvalue weighted by Gasteiger charge is -2.47. The van der Waals surface area contributed by atoms with Gasteiger partial charge in [-0.2, -0.15) is 4.98 Å². The average Bonchev–Trinajstić information content (AvgIpc) is 3.03. The molecule has 46 heavy (non-hydrogen) atoms. The molecule has 4 aromatic rings. The summed E-state index contributed by atoms with van der Waals surface area (Å²) in [6, 6.07) is 8.52. The van der Waals surface area contributed by atoms with Gasteiger partial charge in [-0.25, -0.2) is 4.98 Å². The monoisotopic (exact) mass is 664 g/mol. The lowest BCUT2D eigenvalue weighted by molar-refractivity contribution is -0.0712. The van der Waals surface area contributed by atoms with E-state index in [1.807, 2.05) is 12.1 Å². The van der Waals surface area contributed by atoms with Gasteiger partial charge in [-0.05, 0) is 63.3 Å². The first-order chi connectivity index (χ1) is 22.2. The first-order valence-corrected chi connectivity index (χ1v) is 18.8. The molecule has 2 aliphatic heterocycles. The molecule has 4 heterocycles. The van der Waals surface area contributed by atoms with Crippen LogP contribution in [-0.2, 0) is 15.7 Å². The third-order valence-corrected chi connectivity index (χ3v) is 10.6. The zero-order chi connectivity index (χ0) is 32.4. The molecule has 13 heteroatoms. The van der Waals surface area contributed by atoms with Crippen molar-refractivity contribution < 1.29 is 14.0 Å². The summed E-state index contributed by atoms with van der Waals surface area (Å²) in [4.78, 5) is 23.0. The predicted molar refractivity (Wildman–Crippen MR) is 187 cm³/mol. The quantitative estimate of drug-likeness (QED) is 0.182. The number of aryl methyl sites for hydroxylation is 1. The molecule has 2 aromatic heterocycles. The number of methoxy groups -OCH3 is 1. The standard InChI is InChI=1S/C33H42ClN8O3P/c1-6-21-16-27(29(44-3)17-28(21)41-14-10-22(11-15-41)42-19-23(20-42)45-7-2)39-33-37-18-24(34)32(40-33)38-26-9-8-25-30(36-13-12-35-25)31(26)46(4,5)43/h8-9,12-13,16-18,22-23H,6-7,10-11,14-15,19-20H2,1-5H3,(H2,37,38,39,40). The molecule has 2 aromatic carbocycles. The molecular weight excluding hydrogens is 623 g/mol. The van der Waals surface area contributed by atoms with Gasteiger partial charge in [-0.1, -0.05) is 18.5 Å². The van der Waals surface area contributed by atoms with Crippen LogP contribution in [0.3, 0.4) is 0 Å². The molecule has 0 spiro atoms. The van der Waals surface area contributed by atoms with Gasteiger partial charge >= 0.3 is 0 Å². The summed E-state index contributed by atoms with van der Waals surface area (Å²) >= 11 is 6.56. The summed E-state index contributed by atoms with van der Waals surface area (Å²) in [5.41, 5.74) is 5.05. The summed E-state index contributed by atoms with van der Waals surface area (Å²) < 4.78 is 25.0. The smallest absolute Gasteiger partial charge is 0.229 e. The molecule has 2 N–H and O–H groups in total. The SMILES string of the molecule is CCOC1CN(C2CCN(c3cc(OC)c(Nc4ncc(Cl)c(Nc5ccc6nccnc6c5P(C)(C)=O)n4)cc3CC)CC2)C1. The van der Waals surface area contributed by atoms with E-state index in [9.17, 15) is 4.57 Å². The Morgan fingerprint density at radius 3 is 2.48 bits per heavy atom. The summed E-state index contributed by atoms with van der Waals surface area (Å²) in [6.07, 6.45) is 8.29. The number of halogens is 1. The van der Waals surface area contributed by atoms with E-state index in [0.29, 0.717) is 56.7 Å². The average molecular weight is 665 g/mol. The molecule has 0 unspecified atom stereocenters. The van der Waals surface area contributed by atoms with Crippen LogP contribution in [0.2, 0.25) is 5.02 Å². The molecule has 0 aliphatic carbocycles. The molecular formula is C33H42ClN8O3P. The van der Waals surface area contributed by atoms with Crippen molar-refractivity contribution in [2.45, 2.75) is 45.3 Å². The lowest BCUT2D eigenvalue weighted by Crippen LogP contribution is -2.58. The zero-order valence-electron chi connectivity index (χ0n) is 27.1. The Balaban J connectivity index is 1.21. The lowest BCUT2D eigenvalue weighted by atomic mass is 9.97. The van der Waals surface area contributed by atoms with Crippen molar-refractivity contribution >= 4 is 63.9 Å². The number of aromatic nitrogens is 4. The maximum Gasteiger partial charge on any atom is 0.229 e. The highest BCUT2D eigenvalue weighted by molar-refractivity contribution is 7.71. The van der Waals surface area contributed by atoms with E-state index in [1.165, 1.54) is 17.4 Å². The molecule has 244 valence electrons. The minimum absolute atomic E-state index is 0.324. The van der Waals surface area contributed by atoms with E-state index in [0.717, 1.165) is 57.7 Å². The summed E-state index contributed by atoms with van der Waals surface area (Å²) in [5.74, 6) is 1.43. The Kier molecular flexibility index (Phi) is 9.66. The van der Waals surface area contributed by atoms with E-state index in [-0.39, 0.29) is 0 Å². The highest BCUT2D eigenvalue weighted by Gasteiger charge is 2.35. The Labute approximate surface area is 275 Å². The Hall–Kier alpha value is -3.50. The second-order valence-corrected chi connectivity index (χ2v) is 15.7. The van der Waals surface area contributed by atoms with Crippen molar-refractivity contribution in [1.82, 2.24) is 24.8 Å². The number of piperidine rings is 1. The third kappa shape index (κ3) is 6.79. The van der Waals surface area contributed by atoms with Crippen LogP contribution in [0.1, 0.15) is 32.3 Å². The summed E-state index contributed by atoms with van der Waals surface area (Å²) in [7, 11) is -1.09. The van der Waals surface area contributed by atoms with Crippen LogP contribution in [0.4, 0.5) is 28.8 Å². The van der Waals surface area contributed by atoms with Crippen LogP contribution in [-0.4, -0.2) is 90.2 Å².